The monoisotopic (exact) mass is 285 g/mol. The molecule has 2 amide bonds. The number of amides is 2. The first-order valence-electron chi connectivity index (χ1n) is 7.60. The molecule has 0 atom stereocenters. The number of nitrogens with one attached hydrogen (secondary N) is 1. The Morgan fingerprint density at radius 2 is 1.80 bits per heavy atom. The van der Waals surface area contributed by atoms with Crippen LogP contribution in [0.2, 0.25) is 0 Å². The molecule has 1 saturated heterocycles. The van der Waals surface area contributed by atoms with Crippen molar-refractivity contribution in [1.82, 2.24) is 15.1 Å². The molecule has 0 aliphatic carbocycles. The molecule has 0 spiro atoms. The Morgan fingerprint density at radius 3 is 2.40 bits per heavy atom. The Bertz CT molecular complexity index is 302. The van der Waals surface area contributed by atoms with E-state index in [2.05, 4.69) is 17.1 Å². The first kappa shape index (κ1) is 16.8. The quantitative estimate of drug-likeness (QED) is 0.661. The fourth-order valence-electron chi connectivity index (χ4n) is 2.29. The topological polar surface area (TPSA) is 72.9 Å². The molecule has 0 aromatic rings. The summed E-state index contributed by atoms with van der Waals surface area (Å²) in [6.45, 7) is 6.37. The number of hydrogen-bond acceptors (Lipinski definition) is 3. The zero-order valence-electron chi connectivity index (χ0n) is 12.4. The maximum absolute atomic E-state index is 11.9. The van der Waals surface area contributed by atoms with E-state index in [1.54, 1.807) is 0 Å². The fraction of sp³-hybridized carbons (Fsp3) is 0.857. The Morgan fingerprint density at radius 1 is 1.10 bits per heavy atom. The maximum atomic E-state index is 11.9. The summed E-state index contributed by atoms with van der Waals surface area (Å²) in [7, 11) is 0. The minimum Gasteiger partial charge on any atom is -0.481 e. The molecule has 1 fully saturated rings. The van der Waals surface area contributed by atoms with Crippen LogP contribution in [0, 0.1) is 0 Å². The summed E-state index contributed by atoms with van der Waals surface area (Å²) in [5.41, 5.74) is 0. The lowest BCUT2D eigenvalue weighted by molar-refractivity contribution is -0.137. The highest BCUT2D eigenvalue weighted by molar-refractivity contribution is 5.74. The summed E-state index contributed by atoms with van der Waals surface area (Å²) in [5, 5.41) is 11.6. The number of hydrogen-bond donors (Lipinski definition) is 2. The third-order valence-electron chi connectivity index (χ3n) is 3.61. The van der Waals surface area contributed by atoms with Crippen molar-refractivity contribution in [1.29, 1.82) is 0 Å². The van der Waals surface area contributed by atoms with Gasteiger partial charge in [-0.15, -0.1) is 0 Å². The second-order valence-corrected chi connectivity index (χ2v) is 5.27. The minimum atomic E-state index is -0.766. The van der Waals surface area contributed by atoms with E-state index in [0.717, 1.165) is 26.1 Å². The zero-order valence-corrected chi connectivity index (χ0v) is 12.4. The summed E-state index contributed by atoms with van der Waals surface area (Å²) in [4.78, 5) is 26.3. The molecule has 6 nitrogen and oxygen atoms in total. The lowest BCUT2D eigenvalue weighted by atomic mass is 10.2. The van der Waals surface area contributed by atoms with Crippen molar-refractivity contribution in [3.8, 4) is 0 Å². The van der Waals surface area contributed by atoms with Gasteiger partial charge in [0, 0.05) is 39.3 Å². The molecule has 0 radical (unpaired) electrons. The zero-order chi connectivity index (χ0) is 14.8. The lowest BCUT2D eigenvalue weighted by Crippen LogP contribution is -2.52. The van der Waals surface area contributed by atoms with Crippen LogP contribution in [0.25, 0.3) is 0 Å². The molecule has 1 aliphatic rings. The third kappa shape index (κ3) is 6.75. The van der Waals surface area contributed by atoms with Gasteiger partial charge < -0.3 is 15.3 Å². The fourth-order valence-corrected chi connectivity index (χ4v) is 2.29. The summed E-state index contributed by atoms with van der Waals surface area (Å²) >= 11 is 0. The third-order valence-corrected chi connectivity index (χ3v) is 3.61. The van der Waals surface area contributed by atoms with Crippen LogP contribution in [0.15, 0.2) is 0 Å². The second-order valence-electron chi connectivity index (χ2n) is 5.27. The molecule has 2 N–H and O–H groups in total. The average molecular weight is 285 g/mol. The standard InChI is InChI=1S/C14H27N3O3/c1-2-3-4-5-7-15-14(20)17-11-9-16(10-12-17)8-6-13(18)19/h2-12H2,1H3,(H,15,20)(H,18,19). The predicted octanol–water partition coefficient (Wildman–Crippen LogP) is 1.37. The van der Waals surface area contributed by atoms with Gasteiger partial charge in [-0.05, 0) is 6.42 Å². The van der Waals surface area contributed by atoms with Gasteiger partial charge in [0.2, 0.25) is 0 Å². The van der Waals surface area contributed by atoms with E-state index in [-0.39, 0.29) is 12.5 Å². The number of carbonyl (C=O) groups excluding carboxylic acids is 1. The van der Waals surface area contributed by atoms with E-state index in [1.165, 1.54) is 19.3 Å². The van der Waals surface area contributed by atoms with Crippen LogP contribution in [0.3, 0.4) is 0 Å². The molecule has 1 aliphatic heterocycles. The van der Waals surface area contributed by atoms with Gasteiger partial charge in [-0.25, -0.2) is 4.79 Å². The number of carboxylic acid groups (broad SMARTS) is 1. The van der Waals surface area contributed by atoms with Crippen LogP contribution < -0.4 is 5.32 Å². The van der Waals surface area contributed by atoms with Crippen LogP contribution in [0.1, 0.15) is 39.0 Å². The SMILES string of the molecule is CCCCCCNC(=O)N1CCN(CCC(=O)O)CC1. The van der Waals surface area contributed by atoms with Crippen LogP contribution >= 0.6 is 0 Å². The van der Waals surface area contributed by atoms with Crippen LogP contribution in [-0.4, -0.2) is 66.2 Å². The van der Waals surface area contributed by atoms with E-state index in [1.807, 2.05) is 4.90 Å². The summed E-state index contributed by atoms with van der Waals surface area (Å²) in [6.07, 6.45) is 4.80. The highest BCUT2D eigenvalue weighted by Crippen LogP contribution is 2.03. The predicted molar refractivity (Wildman–Crippen MR) is 77.8 cm³/mol. The molecule has 1 heterocycles. The lowest BCUT2D eigenvalue weighted by Gasteiger charge is -2.34. The molecule has 116 valence electrons. The largest absolute Gasteiger partial charge is 0.481 e. The van der Waals surface area contributed by atoms with Gasteiger partial charge >= 0.3 is 12.0 Å². The normalized spacial score (nSPS) is 16.1. The van der Waals surface area contributed by atoms with Crippen molar-refractivity contribution in [2.24, 2.45) is 0 Å². The molecular weight excluding hydrogens is 258 g/mol. The van der Waals surface area contributed by atoms with E-state index in [0.29, 0.717) is 19.6 Å². The maximum Gasteiger partial charge on any atom is 0.317 e. The summed E-state index contributed by atoms with van der Waals surface area (Å²) in [6, 6.07) is 0.0133. The van der Waals surface area contributed by atoms with Crippen molar-refractivity contribution in [2.75, 3.05) is 39.3 Å². The summed E-state index contributed by atoms with van der Waals surface area (Å²) in [5.74, 6) is -0.766. The smallest absolute Gasteiger partial charge is 0.317 e. The number of unbranched alkanes of at least 4 members (excludes halogenated alkanes) is 3. The van der Waals surface area contributed by atoms with Crippen molar-refractivity contribution >= 4 is 12.0 Å². The van der Waals surface area contributed by atoms with Crippen molar-refractivity contribution in [2.45, 2.75) is 39.0 Å². The Hall–Kier alpha value is -1.30. The Labute approximate surface area is 121 Å². The number of carboxylic acids is 1. The van der Waals surface area contributed by atoms with E-state index >= 15 is 0 Å². The molecule has 20 heavy (non-hydrogen) atoms. The van der Waals surface area contributed by atoms with Crippen LogP contribution in [0.4, 0.5) is 4.79 Å². The van der Waals surface area contributed by atoms with Crippen molar-refractivity contribution in [3.05, 3.63) is 0 Å². The van der Waals surface area contributed by atoms with E-state index < -0.39 is 5.97 Å². The minimum absolute atomic E-state index is 0.0133. The number of rotatable bonds is 8. The molecule has 1 rings (SSSR count). The summed E-state index contributed by atoms with van der Waals surface area (Å²) < 4.78 is 0. The second kappa shape index (κ2) is 9.58. The molecule has 6 heteroatoms. The molecule has 0 aromatic heterocycles. The highest BCUT2D eigenvalue weighted by Gasteiger charge is 2.20. The average Bonchev–Trinajstić information content (AvgIpc) is 2.45. The molecule has 0 aromatic carbocycles. The highest BCUT2D eigenvalue weighted by atomic mass is 16.4. The van der Waals surface area contributed by atoms with Gasteiger partial charge in [-0.1, -0.05) is 26.2 Å². The number of urea groups is 1. The van der Waals surface area contributed by atoms with Gasteiger partial charge in [0.1, 0.15) is 0 Å². The van der Waals surface area contributed by atoms with Crippen molar-refractivity contribution < 1.29 is 14.7 Å². The van der Waals surface area contributed by atoms with E-state index in [4.69, 9.17) is 5.11 Å². The number of nitrogens with zero attached hydrogens (tertiary/aromatic N) is 2. The first-order chi connectivity index (χ1) is 9.63. The molecule has 0 unspecified atom stereocenters. The Balaban J connectivity index is 2.11. The van der Waals surface area contributed by atoms with Gasteiger partial charge in [-0.2, -0.15) is 0 Å². The first-order valence-corrected chi connectivity index (χ1v) is 7.60. The van der Waals surface area contributed by atoms with Crippen LogP contribution in [-0.2, 0) is 4.79 Å². The molecule has 0 saturated carbocycles. The van der Waals surface area contributed by atoms with Gasteiger partial charge in [0.15, 0.2) is 0 Å². The van der Waals surface area contributed by atoms with Crippen molar-refractivity contribution in [3.63, 3.8) is 0 Å². The number of aliphatic carboxylic acids is 1. The van der Waals surface area contributed by atoms with Gasteiger partial charge in [-0.3, -0.25) is 9.69 Å². The number of piperazine rings is 1. The number of carbonyl (C=O) groups is 2. The Kier molecular flexibility index (Phi) is 8.02. The van der Waals surface area contributed by atoms with Crippen LogP contribution in [0.5, 0.6) is 0 Å². The molecule has 0 bridgehead atoms. The molecular formula is C14H27N3O3. The van der Waals surface area contributed by atoms with Gasteiger partial charge in [0.05, 0.1) is 6.42 Å². The van der Waals surface area contributed by atoms with Gasteiger partial charge in [0.25, 0.3) is 0 Å². The van der Waals surface area contributed by atoms with E-state index in [9.17, 15) is 9.59 Å².